The number of benzene rings is 1. The number of rotatable bonds is 6. The molecule has 0 spiro atoms. The summed E-state index contributed by atoms with van der Waals surface area (Å²) in [6.07, 6.45) is 2.30. The van der Waals surface area contributed by atoms with E-state index in [1.165, 1.54) is 6.20 Å². The lowest BCUT2D eigenvalue weighted by molar-refractivity contribution is -0.132. The van der Waals surface area contributed by atoms with E-state index in [4.69, 9.17) is 4.74 Å². The first-order valence-corrected chi connectivity index (χ1v) is 12.2. The number of carbonyl (C=O) groups excluding carboxylic acids is 3. The highest BCUT2D eigenvalue weighted by molar-refractivity contribution is 5.97. The maximum Gasteiger partial charge on any atom is 0.339 e. The van der Waals surface area contributed by atoms with E-state index in [2.05, 4.69) is 36.0 Å². The fourth-order valence-corrected chi connectivity index (χ4v) is 4.01. The van der Waals surface area contributed by atoms with Gasteiger partial charge in [0.25, 0.3) is 5.91 Å². The van der Waals surface area contributed by atoms with Crippen LogP contribution in [-0.4, -0.2) is 66.5 Å². The zero-order valence-corrected chi connectivity index (χ0v) is 21.3. The van der Waals surface area contributed by atoms with Gasteiger partial charge in [-0.05, 0) is 55.5 Å². The van der Waals surface area contributed by atoms with Gasteiger partial charge in [0.1, 0.15) is 11.9 Å². The average molecular weight is 481 g/mol. The third kappa shape index (κ3) is 6.81. The van der Waals surface area contributed by atoms with Gasteiger partial charge in [-0.15, -0.1) is 0 Å². The molecule has 0 radical (unpaired) electrons. The van der Waals surface area contributed by atoms with Crippen molar-refractivity contribution in [1.82, 2.24) is 15.2 Å². The molecule has 1 N–H and O–H groups in total. The van der Waals surface area contributed by atoms with Crippen molar-refractivity contribution in [3.8, 4) is 0 Å². The van der Waals surface area contributed by atoms with E-state index < -0.39 is 6.04 Å². The van der Waals surface area contributed by atoms with E-state index in [1.54, 1.807) is 43.0 Å². The van der Waals surface area contributed by atoms with Crippen LogP contribution < -0.4 is 10.2 Å². The predicted octanol–water partition coefficient (Wildman–Crippen LogP) is 3.41. The molecule has 8 heteroatoms. The highest BCUT2D eigenvalue weighted by atomic mass is 16.5. The highest BCUT2D eigenvalue weighted by Crippen LogP contribution is 2.22. The Kier molecular flexibility index (Phi) is 8.48. The van der Waals surface area contributed by atoms with Crippen molar-refractivity contribution in [2.24, 2.45) is 0 Å². The fourth-order valence-electron chi connectivity index (χ4n) is 4.01. The summed E-state index contributed by atoms with van der Waals surface area (Å²) in [5.74, 6) is 0.0125. The minimum Gasteiger partial charge on any atom is -0.462 e. The highest BCUT2D eigenvalue weighted by Gasteiger charge is 2.25. The Balaban J connectivity index is 1.55. The number of hydrogen-bond donors (Lipinski definition) is 1. The van der Waals surface area contributed by atoms with Gasteiger partial charge >= 0.3 is 5.97 Å². The van der Waals surface area contributed by atoms with E-state index in [9.17, 15) is 14.4 Å². The largest absolute Gasteiger partial charge is 0.462 e. The Hall–Kier alpha value is -3.42. The number of ether oxygens (including phenoxy) is 1. The molecule has 1 aromatic heterocycles. The summed E-state index contributed by atoms with van der Waals surface area (Å²) in [7, 11) is 0. The maximum atomic E-state index is 13.1. The topological polar surface area (TPSA) is 91.8 Å². The third-order valence-electron chi connectivity index (χ3n) is 6.12. The summed E-state index contributed by atoms with van der Waals surface area (Å²) in [6.45, 7) is 12.7. The van der Waals surface area contributed by atoms with E-state index in [0.717, 1.165) is 24.3 Å². The van der Waals surface area contributed by atoms with Crippen molar-refractivity contribution in [3.05, 3.63) is 59.3 Å². The molecule has 35 heavy (non-hydrogen) atoms. The zero-order valence-electron chi connectivity index (χ0n) is 21.3. The number of anilines is 1. The van der Waals surface area contributed by atoms with Crippen LogP contribution in [-0.2, 0) is 14.9 Å². The molecule has 2 amide bonds. The molecule has 0 aliphatic carbocycles. The number of nitrogens with zero attached hydrogens (tertiary/aromatic N) is 3. The minimum atomic E-state index is -0.627. The number of amides is 2. The average Bonchev–Trinajstić information content (AvgIpc) is 3.09. The molecule has 0 bridgehead atoms. The van der Waals surface area contributed by atoms with Gasteiger partial charge in [-0.25, -0.2) is 9.78 Å². The van der Waals surface area contributed by atoms with Crippen molar-refractivity contribution >= 4 is 23.6 Å². The summed E-state index contributed by atoms with van der Waals surface area (Å²) < 4.78 is 5.00. The van der Waals surface area contributed by atoms with Gasteiger partial charge in [-0.3, -0.25) is 9.59 Å². The normalized spacial score (nSPS) is 15.2. The van der Waals surface area contributed by atoms with Gasteiger partial charge in [0.2, 0.25) is 5.91 Å². The van der Waals surface area contributed by atoms with E-state index >= 15 is 0 Å². The molecular weight excluding hydrogens is 444 g/mol. The smallest absolute Gasteiger partial charge is 0.339 e. The Labute approximate surface area is 207 Å². The summed E-state index contributed by atoms with van der Waals surface area (Å²) in [6, 6.07) is 10.4. The van der Waals surface area contributed by atoms with Crippen LogP contribution in [0.25, 0.3) is 0 Å². The van der Waals surface area contributed by atoms with Crippen molar-refractivity contribution in [3.63, 3.8) is 0 Å². The second-order valence-electron chi connectivity index (χ2n) is 9.81. The number of esters is 1. The molecule has 2 aromatic rings. The van der Waals surface area contributed by atoms with Crippen LogP contribution in [0.3, 0.4) is 0 Å². The van der Waals surface area contributed by atoms with Crippen molar-refractivity contribution in [2.75, 3.05) is 37.7 Å². The lowest BCUT2D eigenvalue weighted by Gasteiger charge is -2.25. The molecular formula is C27H36N4O4. The lowest BCUT2D eigenvalue weighted by atomic mass is 9.86. The number of aromatic nitrogens is 1. The van der Waals surface area contributed by atoms with E-state index in [1.807, 2.05) is 12.1 Å². The Morgan fingerprint density at radius 3 is 2.29 bits per heavy atom. The Morgan fingerprint density at radius 1 is 1.00 bits per heavy atom. The van der Waals surface area contributed by atoms with Crippen LogP contribution in [0.2, 0.25) is 0 Å². The molecule has 1 aliphatic heterocycles. The molecule has 1 unspecified atom stereocenters. The molecule has 3 rings (SSSR count). The van der Waals surface area contributed by atoms with Gasteiger partial charge in [-0.1, -0.05) is 32.9 Å². The summed E-state index contributed by atoms with van der Waals surface area (Å²) in [4.78, 5) is 45.9. The van der Waals surface area contributed by atoms with Gasteiger partial charge in [0, 0.05) is 37.9 Å². The van der Waals surface area contributed by atoms with Gasteiger partial charge in [0.05, 0.1) is 12.2 Å². The second-order valence-corrected chi connectivity index (χ2v) is 9.81. The molecule has 1 aliphatic rings. The van der Waals surface area contributed by atoms with Crippen LogP contribution in [0.4, 0.5) is 5.82 Å². The molecule has 8 nitrogen and oxygen atoms in total. The number of carbonyl (C=O) groups is 3. The molecule has 1 fully saturated rings. The summed E-state index contributed by atoms with van der Waals surface area (Å²) in [5.41, 5.74) is 2.12. The molecule has 1 atom stereocenters. The van der Waals surface area contributed by atoms with E-state index in [-0.39, 0.29) is 23.2 Å². The van der Waals surface area contributed by atoms with E-state index in [0.29, 0.717) is 37.4 Å². The molecule has 0 saturated carbocycles. The first kappa shape index (κ1) is 26.2. The number of nitrogens with one attached hydrogen (secondary N) is 1. The first-order chi connectivity index (χ1) is 16.6. The van der Waals surface area contributed by atoms with Crippen molar-refractivity contribution in [2.45, 2.75) is 52.5 Å². The minimum absolute atomic E-state index is 0.0113. The van der Waals surface area contributed by atoms with Crippen LogP contribution in [0.15, 0.2) is 42.6 Å². The van der Waals surface area contributed by atoms with Gasteiger partial charge in [-0.2, -0.15) is 0 Å². The third-order valence-corrected chi connectivity index (χ3v) is 6.12. The summed E-state index contributed by atoms with van der Waals surface area (Å²) >= 11 is 0. The van der Waals surface area contributed by atoms with Crippen LogP contribution in [0.1, 0.15) is 67.3 Å². The second kappa shape index (κ2) is 11.3. The fraction of sp³-hybridized carbons (Fsp3) is 0.481. The zero-order chi connectivity index (χ0) is 25.6. The van der Waals surface area contributed by atoms with Gasteiger partial charge in [0.15, 0.2) is 0 Å². The van der Waals surface area contributed by atoms with Crippen LogP contribution in [0.5, 0.6) is 0 Å². The predicted molar refractivity (Wildman–Crippen MR) is 136 cm³/mol. The number of pyridine rings is 1. The maximum absolute atomic E-state index is 13.1. The Bertz CT molecular complexity index is 1030. The molecule has 188 valence electrons. The van der Waals surface area contributed by atoms with Crippen LogP contribution >= 0.6 is 0 Å². The quantitative estimate of drug-likeness (QED) is 0.637. The monoisotopic (exact) mass is 480 g/mol. The number of hydrogen-bond acceptors (Lipinski definition) is 6. The molecule has 1 saturated heterocycles. The summed E-state index contributed by atoms with van der Waals surface area (Å²) in [5, 5.41) is 2.84. The first-order valence-electron chi connectivity index (χ1n) is 12.2. The molecule has 2 heterocycles. The van der Waals surface area contributed by atoms with Gasteiger partial charge < -0.3 is 19.9 Å². The van der Waals surface area contributed by atoms with Crippen molar-refractivity contribution in [1.29, 1.82) is 0 Å². The standard InChI is InChI=1S/C27H36N4O4/c1-6-35-26(34)21-10-13-23(28-18-21)30-14-7-15-31(17-16-30)25(33)19(2)29-24(32)20-8-11-22(12-9-20)27(3,4)5/h8-13,18-19H,6-7,14-17H2,1-5H3,(H,29,32). The Morgan fingerprint density at radius 2 is 1.69 bits per heavy atom. The van der Waals surface area contributed by atoms with Crippen LogP contribution in [0, 0.1) is 0 Å². The lowest BCUT2D eigenvalue weighted by Crippen LogP contribution is -2.48. The van der Waals surface area contributed by atoms with Crippen molar-refractivity contribution < 1.29 is 19.1 Å². The SMILES string of the molecule is CCOC(=O)c1ccc(N2CCCN(C(=O)C(C)NC(=O)c3ccc(C(C)(C)C)cc3)CC2)nc1. The molecule has 1 aromatic carbocycles.